The molecule has 0 unspecified atom stereocenters. The van der Waals surface area contributed by atoms with E-state index in [9.17, 15) is 4.79 Å². The average molecular weight is 327 g/mol. The van der Waals surface area contributed by atoms with E-state index in [2.05, 4.69) is 40.6 Å². The number of nitrogens with zero attached hydrogens (tertiary/aromatic N) is 2. The van der Waals surface area contributed by atoms with Crippen LogP contribution < -0.4 is 5.32 Å². The number of nitrogens with one attached hydrogen (secondary N) is 1. The lowest BCUT2D eigenvalue weighted by atomic mass is 10.1. The fourth-order valence-corrected chi connectivity index (χ4v) is 3.06. The van der Waals surface area contributed by atoms with Crippen LogP contribution in [0.1, 0.15) is 23.4 Å². The van der Waals surface area contributed by atoms with E-state index in [1.165, 1.54) is 5.56 Å². The summed E-state index contributed by atoms with van der Waals surface area (Å²) in [5.41, 5.74) is 3.25. The van der Waals surface area contributed by atoms with Crippen molar-refractivity contribution in [2.24, 2.45) is 0 Å². The highest BCUT2D eigenvalue weighted by Crippen LogP contribution is 2.24. The van der Waals surface area contributed by atoms with Crippen LogP contribution in [-0.2, 0) is 11.2 Å². The van der Waals surface area contributed by atoms with Gasteiger partial charge in [0.05, 0.1) is 5.69 Å². The molecule has 0 aliphatic carbocycles. The van der Waals surface area contributed by atoms with Gasteiger partial charge in [-0.25, -0.2) is 4.98 Å². The Kier molecular flexibility index (Phi) is 4.52. The van der Waals surface area contributed by atoms with E-state index in [0.717, 1.165) is 16.3 Å². The number of thiazole rings is 1. The van der Waals surface area contributed by atoms with Gasteiger partial charge in [0.25, 0.3) is 0 Å². The number of amides is 1. The number of aromatic nitrogens is 2. The highest BCUT2D eigenvalue weighted by Gasteiger charge is 2.09. The third-order valence-corrected chi connectivity index (χ3v) is 4.26. The maximum atomic E-state index is 11.9. The quantitative estimate of drug-likeness (QED) is 0.769. The van der Waals surface area contributed by atoms with Crippen LogP contribution in [0.3, 0.4) is 0 Å². The fraction of sp³-hybridized carbons (Fsp3) is 0.235. The van der Waals surface area contributed by atoms with Gasteiger partial charge in [-0.3, -0.25) is 4.79 Å². The molecule has 3 rings (SSSR count). The topological polar surface area (TPSA) is 68.0 Å². The van der Waals surface area contributed by atoms with Crippen LogP contribution in [0.5, 0.6) is 0 Å². The highest BCUT2D eigenvalue weighted by molar-refractivity contribution is 7.13. The standard InChI is InChI=1S/C17H17N3O2S/c1-11-4-3-5-13(8-11)17-18-14(10-23-17)6-7-16(21)19-15-9-12(2)22-20-15/h3-5,8-10H,6-7H2,1-2H3,(H,19,20,21). The van der Waals surface area contributed by atoms with Crippen LogP contribution in [0.15, 0.2) is 40.2 Å². The first-order valence-electron chi connectivity index (χ1n) is 7.35. The Balaban J connectivity index is 1.58. The van der Waals surface area contributed by atoms with Crippen molar-refractivity contribution in [3.8, 4) is 10.6 Å². The average Bonchev–Trinajstić information content (AvgIpc) is 3.14. The lowest BCUT2D eigenvalue weighted by molar-refractivity contribution is -0.116. The number of rotatable bonds is 5. The molecule has 5 nitrogen and oxygen atoms in total. The van der Waals surface area contributed by atoms with Crippen molar-refractivity contribution >= 4 is 23.1 Å². The van der Waals surface area contributed by atoms with Crippen LogP contribution in [-0.4, -0.2) is 16.0 Å². The largest absolute Gasteiger partial charge is 0.360 e. The Labute approximate surface area is 138 Å². The lowest BCUT2D eigenvalue weighted by Crippen LogP contribution is -2.12. The second-order valence-electron chi connectivity index (χ2n) is 5.38. The molecule has 0 aliphatic rings. The van der Waals surface area contributed by atoms with E-state index in [1.807, 2.05) is 11.4 Å². The molecule has 2 aromatic heterocycles. The Bertz CT molecular complexity index is 823. The lowest BCUT2D eigenvalue weighted by Gasteiger charge is -2.00. The van der Waals surface area contributed by atoms with Gasteiger partial charge >= 0.3 is 0 Å². The van der Waals surface area contributed by atoms with Gasteiger partial charge in [0.2, 0.25) is 5.91 Å². The van der Waals surface area contributed by atoms with Crippen LogP contribution in [0.2, 0.25) is 0 Å². The number of hydrogen-bond donors (Lipinski definition) is 1. The third-order valence-electron chi connectivity index (χ3n) is 3.32. The summed E-state index contributed by atoms with van der Waals surface area (Å²) in [6.45, 7) is 3.85. The molecule has 0 saturated carbocycles. The molecule has 6 heteroatoms. The van der Waals surface area contributed by atoms with Gasteiger partial charge in [-0.1, -0.05) is 28.9 Å². The summed E-state index contributed by atoms with van der Waals surface area (Å²) in [5.74, 6) is 1.03. The highest BCUT2D eigenvalue weighted by atomic mass is 32.1. The summed E-state index contributed by atoms with van der Waals surface area (Å²) < 4.78 is 4.91. The SMILES string of the molecule is Cc1cccc(-c2nc(CCC(=O)Nc3cc(C)on3)cs2)c1. The molecule has 0 radical (unpaired) electrons. The molecule has 118 valence electrons. The van der Waals surface area contributed by atoms with Gasteiger partial charge in [0.1, 0.15) is 10.8 Å². The normalized spacial score (nSPS) is 10.7. The summed E-state index contributed by atoms with van der Waals surface area (Å²) in [4.78, 5) is 16.5. The van der Waals surface area contributed by atoms with Crippen LogP contribution in [0, 0.1) is 13.8 Å². The molecular weight excluding hydrogens is 310 g/mol. The minimum absolute atomic E-state index is 0.0941. The zero-order valence-electron chi connectivity index (χ0n) is 13.0. The van der Waals surface area contributed by atoms with Gasteiger partial charge in [-0.15, -0.1) is 11.3 Å². The van der Waals surface area contributed by atoms with Gasteiger partial charge in [-0.05, 0) is 26.3 Å². The smallest absolute Gasteiger partial charge is 0.226 e. The van der Waals surface area contributed by atoms with E-state index >= 15 is 0 Å². The predicted molar refractivity (Wildman–Crippen MR) is 90.5 cm³/mol. The second kappa shape index (κ2) is 6.75. The number of carbonyl (C=O) groups excluding carboxylic acids is 1. The van der Waals surface area contributed by atoms with Gasteiger partial charge in [-0.2, -0.15) is 0 Å². The number of benzene rings is 1. The monoisotopic (exact) mass is 327 g/mol. The molecule has 0 fully saturated rings. The molecule has 0 saturated heterocycles. The Morgan fingerprint density at radius 1 is 1.30 bits per heavy atom. The van der Waals surface area contributed by atoms with Crippen molar-refractivity contribution in [2.75, 3.05) is 5.32 Å². The maximum absolute atomic E-state index is 11.9. The molecule has 0 aliphatic heterocycles. The summed E-state index contributed by atoms with van der Waals surface area (Å²) in [5, 5.41) is 9.44. The first-order chi connectivity index (χ1) is 11.1. The van der Waals surface area contributed by atoms with Gasteiger partial charge in [0.15, 0.2) is 5.82 Å². The van der Waals surface area contributed by atoms with Crippen molar-refractivity contribution in [3.63, 3.8) is 0 Å². The van der Waals surface area contributed by atoms with E-state index in [-0.39, 0.29) is 5.91 Å². The Morgan fingerprint density at radius 3 is 2.91 bits per heavy atom. The summed E-state index contributed by atoms with van der Waals surface area (Å²) in [6.07, 6.45) is 0.966. The third kappa shape index (κ3) is 4.04. The molecule has 1 N–H and O–H groups in total. The minimum atomic E-state index is -0.0941. The molecule has 23 heavy (non-hydrogen) atoms. The molecule has 3 aromatic rings. The van der Waals surface area contributed by atoms with Gasteiger partial charge in [0, 0.05) is 23.4 Å². The minimum Gasteiger partial charge on any atom is -0.360 e. The summed E-state index contributed by atoms with van der Waals surface area (Å²) in [6, 6.07) is 9.95. The van der Waals surface area contributed by atoms with E-state index in [1.54, 1.807) is 24.3 Å². The van der Waals surface area contributed by atoms with Crippen LogP contribution in [0.4, 0.5) is 5.82 Å². The molecule has 0 spiro atoms. The van der Waals surface area contributed by atoms with Crippen molar-refractivity contribution in [2.45, 2.75) is 26.7 Å². The van der Waals surface area contributed by atoms with E-state index < -0.39 is 0 Å². The number of hydrogen-bond acceptors (Lipinski definition) is 5. The number of anilines is 1. The molecular formula is C17H17N3O2S. The zero-order chi connectivity index (χ0) is 16.2. The van der Waals surface area contributed by atoms with Crippen molar-refractivity contribution in [1.82, 2.24) is 10.1 Å². The summed E-state index contributed by atoms with van der Waals surface area (Å²) in [7, 11) is 0. The first-order valence-corrected chi connectivity index (χ1v) is 8.23. The van der Waals surface area contributed by atoms with Gasteiger partial charge < -0.3 is 9.84 Å². The van der Waals surface area contributed by atoms with E-state index in [0.29, 0.717) is 24.4 Å². The number of aryl methyl sites for hydroxylation is 3. The Hall–Kier alpha value is -2.47. The molecule has 1 aromatic carbocycles. The first kappa shape index (κ1) is 15.4. The van der Waals surface area contributed by atoms with Crippen LogP contribution in [0.25, 0.3) is 10.6 Å². The molecule has 0 bridgehead atoms. The predicted octanol–water partition coefficient (Wildman–Crippen LogP) is 3.99. The second-order valence-corrected chi connectivity index (χ2v) is 6.24. The van der Waals surface area contributed by atoms with Crippen LogP contribution >= 0.6 is 11.3 Å². The van der Waals surface area contributed by atoms with Crippen molar-refractivity contribution in [3.05, 3.63) is 52.7 Å². The fourth-order valence-electron chi connectivity index (χ4n) is 2.20. The maximum Gasteiger partial charge on any atom is 0.226 e. The van der Waals surface area contributed by atoms with E-state index in [4.69, 9.17) is 4.52 Å². The molecule has 0 atom stereocenters. The van der Waals surface area contributed by atoms with Crippen molar-refractivity contribution in [1.29, 1.82) is 0 Å². The summed E-state index contributed by atoms with van der Waals surface area (Å²) >= 11 is 1.60. The molecule has 1 amide bonds. The molecule has 2 heterocycles. The van der Waals surface area contributed by atoms with Crippen molar-refractivity contribution < 1.29 is 9.32 Å². The zero-order valence-corrected chi connectivity index (χ0v) is 13.8. The number of carbonyl (C=O) groups is 1. The Morgan fingerprint density at radius 2 is 2.17 bits per heavy atom.